The summed E-state index contributed by atoms with van der Waals surface area (Å²) in [6.45, 7) is 3.88. The van der Waals surface area contributed by atoms with Gasteiger partial charge >= 0.3 is 5.97 Å². The maximum absolute atomic E-state index is 12.7. The summed E-state index contributed by atoms with van der Waals surface area (Å²) in [6.07, 6.45) is 39.1. The molecular weight excluding hydrogens is 548 g/mol. The third-order valence-corrected chi connectivity index (χ3v) is 8.13. The topological polar surface area (TPSA) is 83.8 Å². The van der Waals surface area contributed by atoms with Gasteiger partial charge in [0.2, 0.25) is 0 Å². The molecule has 256 valence electrons. The molecule has 2 N–H and O–H groups in total. The number of ketones is 1. The van der Waals surface area contributed by atoms with Crippen molar-refractivity contribution >= 4 is 11.8 Å². The van der Waals surface area contributed by atoms with Crippen molar-refractivity contribution in [1.82, 2.24) is 0 Å². The number of carbonyl (C=O) groups excluding carboxylic acids is 2. The number of ether oxygens (including phenoxy) is 1. The highest BCUT2D eigenvalue weighted by molar-refractivity contribution is 5.86. The fraction of sp³-hybridized carbons (Fsp3) is 0.795. The van der Waals surface area contributed by atoms with E-state index in [1.807, 2.05) is 0 Å². The molecule has 0 aromatic rings. The van der Waals surface area contributed by atoms with Gasteiger partial charge < -0.3 is 14.9 Å². The second-order valence-corrected chi connectivity index (χ2v) is 12.4. The summed E-state index contributed by atoms with van der Waals surface area (Å²) in [4.78, 5) is 25.0. The van der Waals surface area contributed by atoms with Gasteiger partial charge in [0.25, 0.3) is 0 Å². The van der Waals surface area contributed by atoms with Crippen molar-refractivity contribution in [2.24, 2.45) is 0 Å². The van der Waals surface area contributed by atoms with E-state index < -0.39 is 24.8 Å². The Balaban J connectivity index is 3.88. The number of aliphatic hydroxyl groups is 2. The van der Waals surface area contributed by atoms with Crippen LogP contribution in [0.15, 0.2) is 36.5 Å². The van der Waals surface area contributed by atoms with Crippen LogP contribution in [0.1, 0.15) is 181 Å². The number of hydrogen-bond acceptors (Lipinski definition) is 5. The van der Waals surface area contributed by atoms with Crippen LogP contribution in [-0.2, 0) is 14.3 Å². The molecule has 0 heterocycles. The van der Waals surface area contributed by atoms with Gasteiger partial charge in [-0.2, -0.15) is 0 Å². The maximum Gasteiger partial charge on any atom is 0.306 e. The Morgan fingerprint density at radius 2 is 0.932 bits per heavy atom. The smallest absolute Gasteiger partial charge is 0.306 e. The first kappa shape index (κ1) is 42.3. The lowest BCUT2D eigenvalue weighted by Crippen LogP contribution is -2.40. The summed E-state index contributed by atoms with van der Waals surface area (Å²) in [5.41, 5.74) is 0. The normalized spacial score (nSPS) is 13.4. The quantitative estimate of drug-likeness (QED) is 0.0434. The van der Waals surface area contributed by atoms with Crippen LogP contribution in [0.2, 0.25) is 0 Å². The largest absolute Gasteiger partial charge is 0.451 e. The molecule has 0 fully saturated rings. The number of allylic oxidation sites excluding steroid dienone is 6. The average molecular weight is 619 g/mol. The summed E-state index contributed by atoms with van der Waals surface area (Å²) >= 11 is 0. The SMILES string of the molecule is CCCCC/C=C\C/C=C\CCCCCCCC(=O)C(OC(=O)CCCCCCC/C=C\CCCCCCCC)C(O)CO. The van der Waals surface area contributed by atoms with Crippen LogP contribution < -0.4 is 0 Å². The first-order valence-corrected chi connectivity index (χ1v) is 18.5. The lowest BCUT2D eigenvalue weighted by Gasteiger charge is -2.20. The van der Waals surface area contributed by atoms with Gasteiger partial charge in [-0.15, -0.1) is 0 Å². The first-order valence-electron chi connectivity index (χ1n) is 18.5. The standard InChI is InChI=1S/C39H70O5/c1-3-5-7-9-11-13-15-17-19-21-23-25-27-29-31-33-36(41)39(37(42)35-40)44-38(43)34-32-30-28-26-24-22-20-18-16-14-12-10-8-6-4-2/h11,13,17-20,37,39-40,42H,3-10,12,14-16,21-35H2,1-2H3/b13-11-,19-17-,20-18-. The number of hydrogen-bond donors (Lipinski definition) is 2. The highest BCUT2D eigenvalue weighted by Gasteiger charge is 2.29. The van der Waals surface area contributed by atoms with Gasteiger partial charge in [0.15, 0.2) is 11.9 Å². The molecule has 5 nitrogen and oxygen atoms in total. The molecule has 2 unspecified atom stereocenters. The summed E-state index contributed by atoms with van der Waals surface area (Å²) in [6, 6.07) is 0. The fourth-order valence-corrected chi connectivity index (χ4v) is 5.25. The van der Waals surface area contributed by atoms with Crippen molar-refractivity contribution in [3.05, 3.63) is 36.5 Å². The van der Waals surface area contributed by atoms with E-state index in [9.17, 15) is 19.8 Å². The minimum atomic E-state index is -1.36. The Morgan fingerprint density at radius 3 is 1.43 bits per heavy atom. The van der Waals surface area contributed by atoms with Crippen molar-refractivity contribution in [3.8, 4) is 0 Å². The summed E-state index contributed by atoms with van der Waals surface area (Å²) in [7, 11) is 0. The molecule has 0 saturated carbocycles. The number of aliphatic hydroxyl groups excluding tert-OH is 2. The molecule has 0 spiro atoms. The predicted octanol–water partition coefficient (Wildman–Crippen LogP) is 10.7. The molecule has 0 saturated heterocycles. The molecule has 0 bridgehead atoms. The predicted molar refractivity (Wildman–Crippen MR) is 187 cm³/mol. The van der Waals surface area contributed by atoms with Crippen LogP contribution >= 0.6 is 0 Å². The van der Waals surface area contributed by atoms with E-state index in [4.69, 9.17) is 4.74 Å². The zero-order valence-electron chi connectivity index (χ0n) is 28.8. The lowest BCUT2D eigenvalue weighted by molar-refractivity contribution is -0.163. The summed E-state index contributed by atoms with van der Waals surface area (Å²) in [5.74, 6) is -0.761. The van der Waals surface area contributed by atoms with Crippen molar-refractivity contribution in [3.63, 3.8) is 0 Å². The van der Waals surface area contributed by atoms with Crippen molar-refractivity contribution < 1.29 is 24.5 Å². The second-order valence-electron chi connectivity index (χ2n) is 12.4. The molecule has 2 atom stereocenters. The monoisotopic (exact) mass is 619 g/mol. The minimum Gasteiger partial charge on any atom is -0.451 e. The molecule has 5 heteroatoms. The van der Waals surface area contributed by atoms with Gasteiger partial charge in [-0.25, -0.2) is 0 Å². The number of unbranched alkanes of at least 4 members (excludes halogenated alkanes) is 19. The molecule has 0 amide bonds. The third-order valence-electron chi connectivity index (χ3n) is 8.13. The van der Waals surface area contributed by atoms with Crippen LogP contribution in [0.5, 0.6) is 0 Å². The van der Waals surface area contributed by atoms with Gasteiger partial charge in [-0.05, 0) is 70.6 Å². The molecule has 0 aliphatic heterocycles. The van der Waals surface area contributed by atoms with Gasteiger partial charge in [0.05, 0.1) is 6.61 Å². The van der Waals surface area contributed by atoms with Gasteiger partial charge in [-0.3, -0.25) is 9.59 Å². The minimum absolute atomic E-state index is 0.240. The van der Waals surface area contributed by atoms with E-state index in [2.05, 4.69) is 50.3 Å². The molecule has 0 radical (unpaired) electrons. The zero-order chi connectivity index (χ0) is 32.4. The molecule has 0 aliphatic carbocycles. The van der Waals surface area contributed by atoms with Crippen molar-refractivity contribution in [2.45, 2.75) is 193 Å². The number of carbonyl (C=O) groups is 2. The molecule has 44 heavy (non-hydrogen) atoms. The van der Waals surface area contributed by atoms with Gasteiger partial charge in [0.1, 0.15) is 6.10 Å². The highest BCUT2D eigenvalue weighted by Crippen LogP contribution is 2.14. The second kappa shape index (κ2) is 34.2. The Morgan fingerprint density at radius 1 is 0.545 bits per heavy atom. The van der Waals surface area contributed by atoms with E-state index in [-0.39, 0.29) is 18.6 Å². The Labute approximate surface area is 272 Å². The molecular formula is C39H70O5. The van der Waals surface area contributed by atoms with Crippen molar-refractivity contribution in [1.29, 1.82) is 0 Å². The lowest BCUT2D eigenvalue weighted by atomic mass is 10.0. The Kier molecular flexibility index (Phi) is 32.8. The molecule has 0 aromatic carbocycles. The number of Topliss-reactive ketones (excluding diaryl/α,β-unsaturated/α-hetero) is 1. The first-order chi connectivity index (χ1) is 21.6. The van der Waals surface area contributed by atoms with Crippen LogP contribution in [0.3, 0.4) is 0 Å². The number of rotatable bonds is 33. The summed E-state index contributed by atoms with van der Waals surface area (Å²) in [5, 5.41) is 19.5. The van der Waals surface area contributed by atoms with Crippen LogP contribution in [0.4, 0.5) is 0 Å². The molecule has 0 rings (SSSR count). The van der Waals surface area contributed by atoms with Gasteiger partial charge in [-0.1, -0.05) is 134 Å². The van der Waals surface area contributed by atoms with Crippen molar-refractivity contribution in [2.75, 3.05) is 6.61 Å². The molecule has 0 aromatic heterocycles. The van der Waals surface area contributed by atoms with E-state index >= 15 is 0 Å². The van der Waals surface area contributed by atoms with Crippen LogP contribution in [-0.4, -0.2) is 40.8 Å². The summed E-state index contributed by atoms with van der Waals surface area (Å²) < 4.78 is 5.34. The van der Waals surface area contributed by atoms with E-state index in [0.717, 1.165) is 64.2 Å². The zero-order valence-corrected chi connectivity index (χ0v) is 28.8. The fourth-order valence-electron chi connectivity index (χ4n) is 5.25. The highest BCUT2D eigenvalue weighted by atomic mass is 16.6. The third kappa shape index (κ3) is 29.0. The maximum atomic E-state index is 12.7. The van der Waals surface area contributed by atoms with Crippen LogP contribution in [0, 0.1) is 0 Å². The van der Waals surface area contributed by atoms with Gasteiger partial charge in [0, 0.05) is 12.8 Å². The Hall–Kier alpha value is -1.72. The van der Waals surface area contributed by atoms with E-state index in [1.165, 1.54) is 77.0 Å². The van der Waals surface area contributed by atoms with E-state index in [1.54, 1.807) is 0 Å². The molecule has 0 aliphatic rings. The average Bonchev–Trinajstić information content (AvgIpc) is 3.03. The van der Waals surface area contributed by atoms with E-state index in [0.29, 0.717) is 12.8 Å². The number of esters is 1. The van der Waals surface area contributed by atoms with Crippen LogP contribution in [0.25, 0.3) is 0 Å². The Bertz CT molecular complexity index is 726.